The van der Waals surface area contributed by atoms with E-state index in [-0.39, 0.29) is 41.3 Å². The Hall–Kier alpha value is -2.71. The number of esters is 1. The molecule has 2 aromatic rings. The maximum atomic E-state index is 12.9. The van der Waals surface area contributed by atoms with E-state index in [1.807, 2.05) is 30.3 Å². The number of piperidine rings is 1. The fourth-order valence-electron chi connectivity index (χ4n) is 3.45. The average molecular weight is 431 g/mol. The van der Waals surface area contributed by atoms with Crippen molar-refractivity contribution in [3.05, 3.63) is 65.7 Å². The molecule has 1 fully saturated rings. The van der Waals surface area contributed by atoms with Crippen molar-refractivity contribution in [3.8, 4) is 0 Å². The van der Waals surface area contributed by atoms with Crippen LogP contribution in [0.25, 0.3) is 0 Å². The predicted molar refractivity (Wildman–Crippen MR) is 112 cm³/mol. The summed E-state index contributed by atoms with van der Waals surface area (Å²) in [6.45, 7) is 3.02. The lowest BCUT2D eigenvalue weighted by Gasteiger charge is -2.31. The molecular weight excluding hydrogens is 404 g/mol. The second-order valence-electron chi connectivity index (χ2n) is 7.18. The number of sulfonamides is 1. The van der Waals surface area contributed by atoms with Crippen LogP contribution in [0.3, 0.4) is 0 Å². The zero-order valence-electron chi connectivity index (χ0n) is 16.9. The summed E-state index contributed by atoms with van der Waals surface area (Å²) in [7, 11) is -3.77. The molecular formula is C22H26N2O5S. The van der Waals surface area contributed by atoms with Crippen LogP contribution in [-0.2, 0) is 26.1 Å². The first-order chi connectivity index (χ1) is 14.4. The van der Waals surface area contributed by atoms with E-state index in [2.05, 4.69) is 4.72 Å². The van der Waals surface area contributed by atoms with Crippen molar-refractivity contribution in [3.63, 3.8) is 0 Å². The minimum Gasteiger partial charge on any atom is -0.466 e. The topological polar surface area (TPSA) is 92.8 Å². The van der Waals surface area contributed by atoms with Gasteiger partial charge in [-0.2, -0.15) is 0 Å². The lowest BCUT2D eigenvalue weighted by atomic mass is 9.97. The highest BCUT2D eigenvalue weighted by Gasteiger charge is 2.30. The first-order valence-electron chi connectivity index (χ1n) is 10.0. The van der Waals surface area contributed by atoms with Crippen LogP contribution in [0.2, 0.25) is 0 Å². The molecule has 0 radical (unpaired) electrons. The van der Waals surface area contributed by atoms with Crippen LogP contribution in [0.1, 0.15) is 35.7 Å². The summed E-state index contributed by atoms with van der Waals surface area (Å²) in [4.78, 5) is 26.6. The van der Waals surface area contributed by atoms with Crippen LogP contribution in [-0.4, -0.2) is 44.9 Å². The summed E-state index contributed by atoms with van der Waals surface area (Å²) in [5, 5.41) is 0. The number of hydrogen-bond acceptors (Lipinski definition) is 5. The number of ether oxygens (including phenoxy) is 1. The Balaban J connectivity index is 1.71. The van der Waals surface area contributed by atoms with Crippen LogP contribution >= 0.6 is 0 Å². The van der Waals surface area contributed by atoms with Crippen molar-refractivity contribution in [2.24, 2.45) is 5.92 Å². The minimum absolute atomic E-state index is 0.0308. The third kappa shape index (κ3) is 5.46. The molecule has 1 aliphatic heterocycles. The van der Waals surface area contributed by atoms with Gasteiger partial charge in [0.15, 0.2) is 0 Å². The van der Waals surface area contributed by atoms with Crippen LogP contribution < -0.4 is 4.72 Å². The normalized spacial score (nSPS) is 16.8. The summed E-state index contributed by atoms with van der Waals surface area (Å²) in [5.41, 5.74) is 1.12. The molecule has 0 aliphatic carbocycles. The molecule has 1 aliphatic rings. The molecule has 3 rings (SSSR count). The number of likely N-dealkylation sites (tertiary alicyclic amines) is 1. The maximum Gasteiger partial charge on any atom is 0.310 e. The number of rotatable bonds is 7. The Bertz CT molecular complexity index is 992. The lowest BCUT2D eigenvalue weighted by molar-refractivity contribution is -0.149. The molecule has 2 aromatic carbocycles. The summed E-state index contributed by atoms with van der Waals surface area (Å²) in [5.74, 6) is -0.928. The minimum atomic E-state index is -3.77. The van der Waals surface area contributed by atoms with Gasteiger partial charge in [0.05, 0.1) is 17.4 Å². The Morgan fingerprint density at radius 3 is 2.63 bits per heavy atom. The number of carbonyl (C=O) groups is 2. The summed E-state index contributed by atoms with van der Waals surface area (Å²) >= 11 is 0. The highest BCUT2D eigenvalue weighted by atomic mass is 32.2. The fraction of sp³-hybridized carbons (Fsp3) is 0.364. The molecule has 0 bridgehead atoms. The van der Waals surface area contributed by atoms with E-state index in [9.17, 15) is 18.0 Å². The van der Waals surface area contributed by atoms with Crippen molar-refractivity contribution in [2.45, 2.75) is 31.2 Å². The van der Waals surface area contributed by atoms with Crippen molar-refractivity contribution < 1.29 is 22.7 Å². The van der Waals surface area contributed by atoms with E-state index in [1.165, 1.54) is 12.1 Å². The molecule has 160 valence electrons. The van der Waals surface area contributed by atoms with Gasteiger partial charge < -0.3 is 9.64 Å². The van der Waals surface area contributed by atoms with Gasteiger partial charge in [0.25, 0.3) is 5.91 Å². The van der Waals surface area contributed by atoms with E-state index in [0.717, 1.165) is 5.56 Å². The van der Waals surface area contributed by atoms with Crippen LogP contribution in [0, 0.1) is 5.92 Å². The van der Waals surface area contributed by atoms with Gasteiger partial charge >= 0.3 is 5.97 Å². The molecule has 1 saturated heterocycles. The van der Waals surface area contributed by atoms with Gasteiger partial charge in [-0.3, -0.25) is 9.59 Å². The lowest BCUT2D eigenvalue weighted by Crippen LogP contribution is -2.42. The monoisotopic (exact) mass is 430 g/mol. The van der Waals surface area contributed by atoms with Gasteiger partial charge in [-0.25, -0.2) is 13.1 Å². The predicted octanol–water partition coefficient (Wildman–Crippen LogP) is 2.58. The number of nitrogens with zero attached hydrogens (tertiary/aromatic N) is 1. The SMILES string of the molecule is CCOC(=O)[C@@H]1CCCN(C(=O)c2cccc(S(=O)(=O)NCc3ccccc3)c2)C1. The van der Waals surface area contributed by atoms with E-state index in [0.29, 0.717) is 26.0 Å². The zero-order valence-corrected chi connectivity index (χ0v) is 17.7. The van der Waals surface area contributed by atoms with Gasteiger partial charge in [0, 0.05) is 25.2 Å². The smallest absolute Gasteiger partial charge is 0.310 e. The third-order valence-corrected chi connectivity index (χ3v) is 6.43. The molecule has 7 nitrogen and oxygen atoms in total. The summed E-state index contributed by atoms with van der Waals surface area (Å²) in [6, 6.07) is 15.2. The fourth-order valence-corrected chi connectivity index (χ4v) is 4.51. The first kappa shape index (κ1) is 22.0. The van der Waals surface area contributed by atoms with Crippen molar-refractivity contribution >= 4 is 21.9 Å². The number of carbonyl (C=O) groups excluding carboxylic acids is 2. The standard InChI is InChI=1S/C22H26N2O5S/c1-2-29-22(26)19-11-7-13-24(16-19)21(25)18-10-6-12-20(14-18)30(27,28)23-15-17-8-4-3-5-9-17/h3-6,8-10,12,14,19,23H,2,7,11,13,15-16H2,1H3/t19-/m1/s1. The zero-order chi connectivity index (χ0) is 21.6. The van der Waals surface area contributed by atoms with Crippen LogP contribution in [0.4, 0.5) is 0 Å². The van der Waals surface area contributed by atoms with Gasteiger partial charge in [-0.05, 0) is 43.5 Å². The van der Waals surface area contributed by atoms with Gasteiger partial charge in [-0.15, -0.1) is 0 Å². The van der Waals surface area contributed by atoms with E-state index >= 15 is 0 Å². The molecule has 30 heavy (non-hydrogen) atoms. The largest absolute Gasteiger partial charge is 0.466 e. The van der Waals surface area contributed by atoms with Gasteiger partial charge in [0.1, 0.15) is 0 Å². The Labute approximate surface area is 177 Å². The first-order valence-corrected chi connectivity index (χ1v) is 11.5. The molecule has 1 atom stereocenters. The second kappa shape index (κ2) is 9.86. The van der Waals surface area contributed by atoms with Crippen LogP contribution in [0.15, 0.2) is 59.5 Å². The van der Waals surface area contributed by atoms with E-state index in [1.54, 1.807) is 24.0 Å². The average Bonchev–Trinajstić information content (AvgIpc) is 2.78. The molecule has 1 amide bonds. The molecule has 1 N–H and O–H groups in total. The Morgan fingerprint density at radius 2 is 1.90 bits per heavy atom. The maximum absolute atomic E-state index is 12.9. The quantitative estimate of drug-likeness (QED) is 0.682. The van der Waals surface area contributed by atoms with Gasteiger partial charge in [0.2, 0.25) is 10.0 Å². The van der Waals surface area contributed by atoms with Crippen LogP contribution in [0.5, 0.6) is 0 Å². The van der Waals surface area contributed by atoms with E-state index < -0.39 is 10.0 Å². The molecule has 0 saturated carbocycles. The third-order valence-electron chi connectivity index (χ3n) is 5.03. The molecule has 0 unspecified atom stereocenters. The Kier molecular flexibility index (Phi) is 7.23. The van der Waals surface area contributed by atoms with Gasteiger partial charge in [-0.1, -0.05) is 36.4 Å². The van der Waals surface area contributed by atoms with Crippen molar-refractivity contribution in [1.29, 1.82) is 0 Å². The van der Waals surface area contributed by atoms with E-state index in [4.69, 9.17) is 4.74 Å². The molecule has 0 aromatic heterocycles. The van der Waals surface area contributed by atoms with Crippen molar-refractivity contribution in [1.82, 2.24) is 9.62 Å². The highest BCUT2D eigenvalue weighted by Crippen LogP contribution is 2.21. The Morgan fingerprint density at radius 1 is 1.13 bits per heavy atom. The summed E-state index contributed by atoms with van der Waals surface area (Å²) < 4.78 is 33.0. The molecule has 0 spiro atoms. The number of hydrogen-bond donors (Lipinski definition) is 1. The molecule has 1 heterocycles. The number of nitrogens with one attached hydrogen (secondary N) is 1. The molecule has 8 heteroatoms. The summed E-state index contributed by atoms with van der Waals surface area (Å²) in [6.07, 6.45) is 1.38. The highest BCUT2D eigenvalue weighted by molar-refractivity contribution is 7.89. The number of amides is 1. The second-order valence-corrected chi connectivity index (χ2v) is 8.95. The van der Waals surface area contributed by atoms with Crippen molar-refractivity contribution in [2.75, 3.05) is 19.7 Å². The number of benzene rings is 2.